The monoisotopic (exact) mass is 396 g/mol. The molecule has 1 aromatic carbocycles. The van der Waals surface area contributed by atoms with Gasteiger partial charge in [0.05, 0.1) is 5.33 Å². The second-order valence-electron chi connectivity index (χ2n) is 5.47. The Kier molecular flexibility index (Phi) is 5.71. The number of alkyl halides is 1. The van der Waals surface area contributed by atoms with Gasteiger partial charge in [-0.25, -0.2) is 4.79 Å². The molecule has 0 bridgehead atoms. The molecule has 24 heavy (non-hydrogen) atoms. The molecule has 2 unspecified atom stereocenters. The van der Waals surface area contributed by atoms with Crippen LogP contribution in [0, 0.1) is 0 Å². The van der Waals surface area contributed by atoms with Crippen molar-refractivity contribution in [1.29, 1.82) is 0 Å². The lowest BCUT2D eigenvalue weighted by molar-refractivity contribution is -0.145. The molecule has 128 valence electrons. The van der Waals surface area contributed by atoms with E-state index in [1.165, 1.54) is 11.8 Å². The van der Waals surface area contributed by atoms with E-state index in [4.69, 9.17) is 0 Å². The Balaban J connectivity index is 2.41. The average molecular weight is 397 g/mol. The van der Waals surface area contributed by atoms with E-state index in [1.54, 1.807) is 12.1 Å². The molecule has 2 rings (SSSR count). The minimum Gasteiger partial charge on any atom is -0.480 e. The SMILES string of the molecule is CC(=O)NC(C(=O)O)C(C(=O)CBr)N1CCc2ccccc2C1=O. The van der Waals surface area contributed by atoms with E-state index in [1.807, 2.05) is 12.1 Å². The molecule has 1 aliphatic rings. The molecule has 0 spiro atoms. The quantitative estimate of drug-likeness (QED) is 0.685. The van der Waals surface area contributed by atoms with Gasteiger partial charge < -0.3 is 15.3 Å². The Hall–Kier alpha value is -2.22. The highest BCUT2D eigenvalue weighted by molar-refractivity contribution is 9.09. The Morgan fingerprint density at radius 3 is 2.58 bits per heavy atom. The summed E-state index contributed by atoms with van der Waals surface area (Å²) in [7, 11) is 0. The summed E-state index contributed by atoms with van der Waals surface area (Å²) in [6, 6.07) is 4.24. The maximum atomic E-state index is 12.7. The normalized spacial score (nSPS) is 16.1. The van der Waals surface area contributed by atoms with E-state index in [0.717, 1.165) is 5.56 Å². The van der Waals surface area contributed by atoms with E-state index >= 15 is 0 Å². The number of carboxylic acids is 1. The Morgan fingerprint density at radius 2 is 2.00 bits per heavy atom. The van der Waals surface area contributed by atoms with Crippen LogP contribution in [-0.2, 0) is 20.8 Å². The van der Waals surface area contributed by atoms with Crippen molar-refractivity contribution in [2.75, 3.05) is 11.9 Å². The van der Waals surface area contributed by atoms with Crippen molar-refractivity contribution >= 4 is 39.5 Å². The van der Waals surface area contributed by atoms with Crippen LogP contribution in [0.4, 0.5) is 0 Å². The second-order valence-corrected chi connectivity index (χ2v) is 6.03. The number of halogens is 1. The van der Waals surface area contributed by atoms with Gasteiger partial charge in [-0.15, -0.1) is 0 Å². The van der Waals surface area contributed by atoms with Gasteiger partial charge >= 0.3 is 5.97 Å². The number of nitrogens with zero attached hydrogens (tertiary/aromatic N) is 1. The van der Waals surface area contributed by atoms with Gasteiger partial charge in [-0.1, -0.05) is 34.1 Å². The number of fused-ring (bicyclic) bond motifs is 1. The van der Waals surface area contributed by atoms with Crippen LogP contribution in [0.1, 0.15) is 22.8 Å². The Morgan fingerprint density at radius 1 is 1.33 bits per heavy atom. The zero-order valence-corrected chi connectivity index (χ0v) is 14.6. The predicted molar refractivity (Wildman–Crippen MR) is 89.0 cm³/mol. The summed E-state index contributed by atoms with van der Waals surface area (Å²) in [6.45, 7) is 1.38. The molecular weight excluding hydrogens is 380 g/mol. The lowest BCUT2D eigenvalue weighted by atomic mass is 9.94. The molecule has 2 N–H and O–H groups in total. The maximum absolute atomic E-state index is 12.7. The van der Waals surface area contributed by atoms with Gasteiger partial charge in [0.1, 0.15) is 6.04 Å². The average Bonchev–Trinajstić information content (AvgIpc) is 2.55. The van der Waals surface area contributed by atoms with Crippen LogP contribution in [0.2, 0.25) is 0 Å². The van der Waals surface area contributed by atoms with Crippen LogP contribution in [0.25, 0.3) is 0 Å². The summed E-state index contributed by atoms with van der Waals surface area (Å²) in [5, 5.41) is 11.6. The van der Waals surface area contributed by atoms with Crippen molar-refractivity contribution in [3.05, 3.63) is 35.4 Å². The highest BCUT2D eigenvalue weighted by Gasteiger charge is 2.42. The summed E-state index contributed by atoms with van der Waals surface area (Å²) in [4.78, 5) is 49.2. The lowest BCUT2D eigenvalue weighted by Crippen LogP contribution is -2.61. The number of carbonyl (C=O) groups is 4. The molecule has 0 saturated carbocycles. The number of aliphatic carboxylic acids is 1. The predicted octanol–water partition coefficient (Wildman–Crippen LogP) is 0.607. The summed E-state index contributed by atoms with van der Waals surface area (Å²) >= 11 is 3.02. The van der Waals surface area contributed by atoms with Crippen LogP contribution >= 0.6 is 15.9 Å². The number of amides is 2. The maximum Gasteiger partial charge on any atom is 0.328 e. The molecule has 1 heterocycles. The number of Topliss-reactive ketones (excluding diaryl/α,β-unsaturated/α-hetero) is 1. The van der Waals surface area contributed by atoms with Crippen molar-refractivity contribution in [2.45, 2.75) is 25.4 Å². The molecule has 0 aromatic heterocycles. The minimum absolute atomic E-state index is 0.119. The van der Waals surface area contributed by atoms with Gasteiger partial charge in [-0.05, 0) is 18.1 Å². The zero-order valence-electron chi connectivity index (χ0n) is 13.0. The number of ketones is 1. The molecule has 8 heteroatoms. The number of benzene rings is 1. The van der Waals surface area contributed by atoms with Crippen molar-refractivity contribution < 1.29 is 24.3 Å². The lowest BCUT2D eigenvalue weighted by Gasteiger charge is -2.37. The molecule has 2 amide bonds. The summed E-state index contributed by atoms with van der Waals surface area (Å²) in [5.41, 5.74) is 1.30. The smallest absolute Gasteiger partial charge is 0.328 e. The first-order chi connectivity index (χ1) is 11.4. The number of hydrogen-bond donors (Lipinski definition) is 2. The number of carboxylic acid groups (broad SMARTS) is 1. The molecule has 2 atom stereocenters. The van der Waals surface area contributed by atoms with Crippen LogP contribution in [0.3, 0.4) is 0 Å². The van der Waals surface area contributed by atoms with Gasteiger partial charge in [-0.2, -0.15) is 0 Å². The third-order valence-corrected chi connectivity index (χ3v) is 4.42. The van der Waals surface area contributed by atoms with Gasteiger partial charge in [0.2, 0.25) is 5.91 Å². The fourth-order valence-electron chi connectivity index (χ4n) is 2.82. The summed E-state index contributed by atoms with van der Waals surface area (Å²) < 4.78 is 0. The summed E-state index contributed by atoms with van der Waals surface area (Å²) in [6.07, 6.45) is 0.514. The first-order valence-electron chi connectivity index (χ1n) is 7.34. The first kappa shape index (κ1) is 18.1. The number of carbonyl (C=O) groups excluding carboxylic acids is 3. The molecule has 0 fully saturated rings. The van der Waals surface area contributed by atoms with Crippen LogP contribution < -0.4 is 5.32 Å². The Labute approximate surface area is 147 Å². The van der Waals surface area contributed by atoms with Crippen LogP contribution in [-0.4, -0.2) is 57.5 Å². The second kappa shape index (κ2) is 7.57. The topological polar surface area (TPSA) is 104 Å². The molecule has 1 aromatic rings. The van der Waals surface area contributed by atoms with Gasteiger partial charge in [-0.3, -0.25) is 14.4 Å². The van der Waals surface area contributed by atoms with E-state index in [9.17, 15) is 24.3 Å². The third-order valence-electron chi connectivity index (χ3n) is 3.87. The fraction of sp³-hybridized carbons (Fsp3) is 0.375. The zero-order chi connectivity index (χ0) is 17.9. The number of nitrogens with one attached hydrogen (secondary N) is 1. The van der Waals surface area contributed by atoms with E-state index in [-0.39, 0.29) is 11.9 Å². The molecule has 7 nitrogen and oxygen atoms in total. The molecule has 1 aliphatic heterocycles. The van der Waals surface area contributed by atoms with Crippen LogP contribution in [0.15, 0.2) is 24.3 Å². The third kappa shape index (κ3) is 3.64. The van der Waals surface area contributed by atoms with Crippen LogP contribution in [0.5, 0.6) is 0 Å². The number of rotatable bonds is 6. The van der Waals surface area contributed by atoms with Crippen molar-refractivity contribution in [1.82, 2.24) is 10.2 Å². The van der Waals surface area contributed by atoms with Crippen molar-refractivity contribution in [3.63, 3.8) is 0 Å². The molecule has 0 radical (unpaired) electrons. The van der Waals surface area contributed by atoms with E-state index in [2.05, 4.69) is 21.2 Å². The molecule has 0 saturated heterocycles. The Bertz CT molecular complexity index is 691. The fourth-order valence-corrected chi connectivity index (χ4v) is 3.15. The van der Waals surface area contributed by atoms with Gasteiger partial charge in [0.15, 0.2) is 11.8 Å². The van der Waals surface area contributed by atoms with E-state index < -0.39 is 35.7 Å². The molecular formula is C16H17BrN2O5. The van der Waals surface area contributed by atoms with Gasteiger partial charge in [0, 0.05) is 19.0 Å². The van der Waals surface area contributed by atoms with Gasteiger partial charge in [0.25, 0.3) is 5.91 Å². The van der Waals surface area contributed by atoms with Crippen molar-refractivity contribution in [3.8, 4) is 0 Å². The first-order valence-corrected chi connectivity index (χ1v) is 8.46. The van der Waals surface area contributed by atoms with Crippen molar-refractivity contribution in [2.24, 2.45) is 0 Å². The standard InChI is InChI=1S/C16H17BrN2O5/c1-9(20)18-13(16(23)24)14(12(21)8-17)19-7-6-10-4-2-3-5-11(10)15(19)22/h2-5,13-14H,6-8H2,1H3,(H,18,20)(H,23,24). The largest absolute Gasteiger partial charge is 0.480 e. The molecule has 0 aliphatic carbocycles. The number of hydrogen-bond acceptors (Lipinski definition) is 4. The highest BCUT2D eigenvalue weighted by atomic mass is 79.9. The summed E-state index contributed by atoms with van der Waals surface area (Å²) in [5.74, 6) is -2.84. The highest BCUT2D eigenvalue weighted by Crippen LogP contribution is 2.22. The minimum atomic E-state index is -1.50. The van der Waals surface area contributed by atoms with E-state index in [0.29, 0.717) is 12.0 Å².